The molecule has 2 rings (SSSR count). The van der Waals surface area contributed by atoms with Crippen molar-refractivity contribution in [3.05, 3.63) is 29.8 Å². The third-order valence-corrected chi connectivity index (χ3v) is 2.65. The zero-order valence-electron chi connectivity index (χ0n) is 9.53. The molecule has 0 aromatic heterocycles. The van der Waals surface area contributed by atoms with Gasteiger partial charge in [0, 0.05) is 6.61 Å². The molecule has 2 nitrogen and oxygen atoms in total. The van der Waals surface area contributed by atoms with Gasteiger partial charge < -0.3 is 9.47 Å². The van der Waals surface area contributed by atoms with Crippen molar-refractivity contribution in [2.45, 2.75) is 25.4 Å². The van der Waals surface area contributed by atoms with Crippen molar-refractivity contribution < 1.29 is 9.47 Å². The molecule has 0 aliphatic carbocycles. The summed E-state index contributed by atoms with van der Waals surface area (Å²) in [5.41, 5.74) is 0.930. The van der Waals surface area contributed by atoms with Crippen LogP contribution < -0.4 is 4.74 Å². The van der Waals surface area contributed by atoms with E-state index in [-0.39, 0.29) is 6.10 Å². The van der Waals surface area contributed by atoms with E-state index in [0.717, 1.165) is 30.8 Å². The van der Waals surface area contributed by atoms with Crippen molar-refractivity contribution in [3.8, 4) is 17.6 Å². The van der Waals surface area contributed by atoms with E-state index in [1.807, 2.05) is 24.3 Å². The van der Waals surface area contributed by atoms with Crippen LogP contribution in [0.2, 0.25) is 0 Å². The summed E-state index contributed by atoms with van der Waals surface area (Å²) < 4.78 is 10.8. The van der Waals surface area contributed by atoms with E-state index in [1.54, 1.807) is 7.11 Å². The Kier molecular flexibility index (Phi) is 3.85. The van der Waals surface area contributed by atoms with Crippen LogP contribution in [-0.4, -0.2) is 19.8 Å². The van der Waals surface area contributed by atoms with Gasteiger partial charge in [0.25, 0.3) is 0 Å². The molecule has 1 atom stereocenters. The van der Waals surface area contributed by atoms with Gasteiger partial charge in [-0.25, -0.2) is 0 Å². The Morgan fingerprint density at radius 2 is 2.19 bits per heavy atom. The molecule has 1 saturated heterocycles. The minimum atomic E-state index is 0.0960. The summed E-state index contributed by atoms with van der Waals surface area (Å²) >= 11 is 0. The van der Waals surface area contributed by atoms with E-state index < -0.39 is 0 Å². The lowest BCUT2D eigenvalue weighted by Gasteiger charge is -2.17. The summed E-state index contributed by atoms with van der Waals surface area (Å²) in [7, 11) is 1.66. The van der Waals surface area contributed by atoms with Gasteiger partial charge in [0.15, 0.2) is 0 Å². The van der Waals surface area contributed by atoms with Gasteiger partial charge in [0.1, 0.15) is 11.9 Å². The fourth-order valence-electron chi connectivity index (χ4n) is 1.76. The zero-order valence-corrected chi connectivity index (χ0v) is 9.53. The smallest absolute Gasteiger partial charge is 0.134 e. The molecule has 1 aliphatic rings. The maximum absolute atomic E-state index is 5.56. The summed E-state index contributed by atoms with van der Waals surface area (Å²) in [6.07, 6.45) is 3.51. The molecule has 1 aromatic rings. The van der Waals surface area contributed by atoms with Gasteiger partial charge in [-0.1, -0.05) is 24.0 Å². The highest BCUT2D eigenvalue weighted by molar-refractivity contribution is 5.46. The number of hydrogen-bond acceptors (Lipinski definition) is 2. The van der Waals surface area contributed by atoms with E-state index >= 15 is 0 Å². The Bertz CT molecular complexity index is 395. The molecule has 84 valence electrons. The highest BCUT2D eigenvalue weighted by Crippen LogP contribution is 2.16. The number of benzene rings is 1. The normalized spacial score (nSPS) is 19.7. The van der Waals surface area contributed by atoms with Gasteiger partial charge >= 0.3 is 0 Å². The monoisotopic (exact) mass is 216 g/mol. The fourth-order valence-corrected chi connectivity index (χ4v) is 1.76. The van der Waals surface area contributed by atoms with Crippen LogP contribution in [0.15, 0.2) is 24.3 Å². The van der Waals surface area contributed by atoms with Crippen LogP contribution in [0.1, 0.15) is 24.8 Å². The molecular weight excluding hydrogens is 200 g/mol. The number of ether oxygens (including phenoxy) is 2. The Hall–Kier alpha value is -1.46. The van der Waals surface area contributed by atoms with Crippen molar-refractivity contribution in [1.29, 1.82) is 0 Å². The van der Waals surface area contributed by atoms with Crippen LogP contribution in [0.4, 0.5) is 0 Å². The summed E-state index contributed by atoms with van der Waals surface area (Å²) in [6.45, 7) is 0.839. The summed E-state index contributed by atoms with van der Waals surface area (Å²) in [4.78, 5) is 0. The summed E-state index contributed by atoms with van der Waals surface area (Å²) in [5, 5.41) is 0. The van der Waals surface area contributed by atoms with Crippen LogP contribution in [0.5, 0.6) is 5.75 Å². The third-order valence-electron chi connectivity index (χ3n) is 2.65. The molecule has 2 heteroatoms. The lowest BCUT2D eigenvalue weighted by atomic mass is 10.1. The maximum atomic E-state index is 5.56. The van der Waals surface area contributed by atoms with Gasteiger partial charge in [-0.3, -0.25) is 0 Å². The molecule has 1 unspecified atom stereocenters. The molecule has 1 heterocycles. The van der Waals surface area contributed by atoms with Crippen molar-refractivity contribution in [2.75, 3.05) is 13.7 Å². The third kappa shape index (κ3) is 2.77. The van der Waals surface area contributed by atoms with E-state index in [0.29, 0.717) is 0 Å². The lowest BCUT2D eigenvalue weighted by Crippen LogP contribution is -2.16. The summed E-state index contributed by atoms with van der Waals surface area (Å²) in [5.74, 6) is 7.12. The van der Waals surface area contributed by atoms with Crippen LogP contribution in [0.25, 0.3) is 0 Å². The second-order valence-corrected chi connectivity index (χ2v) is 3.82. The van der Waals surface area contributed by atoms with Crippen LogP contribution in [0, 0.1) is 11.8 Å². The highest BCUT2D eigenvalue weighted by atomic mass is 16.5. The van der Waals surface area contributed by atoms with Crippen LogP contribution >= 0.6 is 0 Å². The van der Waals surface area contributed by atoms with Crippen molar-refractivity contribution in [1.82, 2.24) is 0 Å². The average molecular weight is 216 g/mol. The van der Waals surface area contributed by atoms with E-state index in [1.165, 1.54) is 6.42 Å². The molecule has 0 bridgehead atoms. The first-order valence-electron chi connectivity index (χ1n) is 5.66. The number of rotatable bonds is 1. The Morgan fingerprint density at radius 1 is 1.31 bits per heavy atom. The van der Waals surface area contributed by atoms with Crippen LogP contribution in [-0.2, 0) is 4.74 Å². The molecule has 0 amide bonds. The first-order valence-corrected chi connectivity index (χ1v) is 5.66. The Morgan fingerprint density at radius 3 is 2.94 bits per heavy atom. The lowest BCUT2D eigenvalue weighted by molar-refractivity contribution is 0.0526. The van der Waals surface area contributed by atoms with Crippen molar-refractivity contribution in [3.63, 3.8) is 0 Å². The molecule has 1 aromatic carbocycles. The second kappa shape index (κ2) is 5.58. The topological polar surface area (TPSA) is 18.5 Å². The number of methoxy groups -OCH3 is 1. The van der Waals surface area contributed by atoms with Gasteiger partial charge in [0.2, 0.25) is 0 Å². The van der Waals surface area contributed by atoms with Crippen LogP contribution in [0.3, 0.4) is 0 Å². The molecular formula is C14H16O2. The van der Waals surface area contributed by atoms with Gasteiger partial charge in [-0.05, 0) is 31.4 Å². The molecule has 1 fully saturated rings. The Labute approximate surface area is 96.6 Å². The van der Waals surface area contributed by atoms with E-state index in [9.17, 15) is 0 Å². The first kappa shape index (κ1) is 11.0. The van der Waals surface area contributed by atoms with E-state index in [2.05, 4.69) is 11.8 Å². The average Bonchev–Trinajstić information content (AvgIpc) is 2.38. The fraction of sp³-hybridized carbons (Fsp3) is 0.429. The summed E-state index contributed by atoms with van der Waals surface area (Å²) in [6, 6.07) is 7.80. The SMILES string of the molecule is COc1ccccc1C#CC1CCCCO1. The van der Waals surface area contributed by atoms with E-state index in [4.69, 9.17) is 9.47 Å². The predicted octanol–water partition coefficient (Wildman–Crippen LogP) is 2.62. The predicted molar refractivity (Wildman–Crippen MR) is 63.5 cm³/mol. The van der Waals surface area contributed by atoms with Crippen molar-refractivity contribution in [2.24, 2.45) is 0 Å². The second-order valence-electron chi connectivity index (χ2n) is 3.82. The highest BCUT2D eigenvalue weighted by Gasteiger charge is 2.10. The molecule has 0 radical (unpaired) electrons. The zero-order chi connectivity index (χ0) is 11.2. The Balaban J connectivity index is 2.10. The van der Waals surface area contributed by atoms with Gasteiger partial charge in [-0.15, -0.1) is 0 Å². The minimum Gasteiger partial charge on any atom is -0.495 e. The van der Waals surface area contributed by atoms with Gasteiger partial charge in [-0.2, -0.15) is 0 Å². The standard InChI is InChI=1S/C14H16O2/c1-15-14-8-3-2-6-12(14)9-10-13-7-4-5-11-16-13/h2-3,6,8,13H,4-5,7,11H2,1H3. The first-order chi connectivity index (χ1) is 7.90. The minimum absolute atomic E-state index is 0.0960. The molecule has 0 N–H and O–H groups in total. The molecule has 1 aliphatic heterocycles. The van der Waals surface area contributed by atoms with Gasteiger partial charge in [0.05, 0.1) is 12.7 Å². The quantitative estimate of drug-likeness (QED) is 0.672. The molecule has 0 saturated carbocycles. The van der Waals surface area contributed by atoms with Crippen molar-refractivity contribution >= 4 is 0 Å². The maximum Gasteiger partial charge on any atom is 0.134 e. The number of hydrogen-bond donors (Lipinski definition) is 0. The largest absolute Gasteiger partial charge is 0.495 e. The number of para-hydroxylation sites is 1. The molecule has 16 heavy (non-hydrogen) atoms. The molecule has 0 spiro atoms.